The molecule has 2 N–H and O–H groups in total. The predicted molar refractivity (Wildman–Crippen MR) is 66.1 cm³/mol. The maximum atomic E-state index is 11.4. The van der Waals surface area contributed by atoms with E-state index in [1.807, 2.05) is 25.1 Å². The fourth-order valence-electron chi connectivity index (χ4n) is 1.37. The standard InChI is InChI=1S/C13H18N2O/c1-3-7-14-10-13(16)15-9-12-6-4-5-11(2)8-12/h3-6,8,14H,1,7,9-10H2,2H3,(H,15,16). The first-order valence-electron chi connectivity index (χ1n) is 5.36. The van der Waals surface area contributed by atoms with Crippen LogP contribution in [0.15, 0.2) is 36.9 Å². The third kappa shape index (κ3) is 4.75. The molecule has 0 atom stereocenters. The van der Waals surface area contributed by atoms with Crippen LogP contribution in [0, 0.1) is 6.92 Å². The second-order valence-corrected chi connectivity index (χ2v) is 3.69. The van der Waals surface area contributed by atoms with Crippen molar-refractivity contribution in [3.05, 3.63) is 48.0 Å². The quantitative estimate of drug-likeness (QED) is 0.559. The SMILES string of the molecule is C=CCNCC(=O)NCc1cccc(C)c1. The molecule has 0 aromatic heterocycles. The summed E-state index contributed by atoms with van der Waals surface area (Å²) in [7, 11) is 0. The molecular weight excluding hydrogens is 200 g/mol. The molecule has 0 spiro atoms. The Hall–Kier alpha value is -1.61. The Balaban J connectivity index is 2.28. The summed E-state index contributed by atoms with van der Waals surface area (Å²) in [6, 6.07) is 8.10. The summed E-state index contributed by atoms with van der Waals surface area (Å²) in [5.74, 6) is 0.00311. The van der Waals surface area contributed by atoms with Gasteiger partial charge in [0.05, 0.1) is 6.54 Å². The number of carbonyl (C=O) groups excluding carboxylic acids is 1. The van der Waals surface area contributed by atoms with Gasteiger partial charge in [-0.3, -0.25) is 4.79 Å². The summed E-state index contributed by atoms with van der Waals surface area (Å²) in [6.45, 7) is 7.17. The first kappa shape index (κ1) is 12.5. The Kier molecular flexibility index (Phi) is 5.29. The van der Waals surface area contributed by atoms with Crippen LogP contribution in [0.2, 0.25) is 0 Å². The first-order chi connectivity index (χ1) is 7.72. The second kappa shape index (κ2) is 6.80. The van der Waals surface area contributed by atoms with Crippen LogP contribution in [0.25, 0.3) is 0 Å². The van der Waals surface area contributed by atoms with E-state index in [1.165, 1.54) is 5.56 Å². The maximum Gasteiger partial charge on any atom is 0.234 e. The minimum absolute atomic E-state index is 0.00311. The molecule has 3 nitrogen and oxygen atoms in total. The molecule has 3 heteroatoms. The average molecular weight is 218 g/mol. The lowest BCUT2D eigenvalue weighted by Gasteiger charge is -2.06. The van der Waals surface area contributed by atoms with Gasteiger partial charge in [-0.05, 0) is 12.5 Å². The highest BCUT2D eigenvalue weighted by Crippen LogP contribution is 2.02. The molecule has 86 valence electrons. The zero-order valence-corrected chi connectivity index (χ0v) is 9.62. The number of carbonyl (C=O) groups is 1. The molecular formula is C13H18N2O. The van der Waals surface area contributed by atoms with Crippen molar-refractivity contribution in [2.24, 2.45) is 0 Å². The first-order valence-corrected chi connectivity index (χ1v) is 5.36. The normalized spacial score (nSPS) is 9.81. The van der Waals surface area contributed by atoms with Gasteiger partial charge >= 0.3 is 0 Å². The van der Waals surface area contributed by atoms with E-state index in [4.69, 9.17) is 0 Å². The lowest BCUT2D eigenvalue weighted by Crippen LogP contribution is -2.33. The molecule has 0 saturated carbocycles. The second-order valence-electron chi connectivity index (χ2n) is 3.69. The van der Waals surface area contributed by atoms with Crippen molar-refractivity contribution in [1.29, 1.82) is 0 Å². The topological polar surface area (TPSA) is 41.1 Å². The molecule has 0 bridgehead atoms. The molecule has 0 aliphatic rings. The van der Waals surface area contributed by atoms with Gasteiger partial charge in [0, 0.05) is 13.1 Å². The number of benzene rings is 1. The fraction of sp³-hybridized carbons (Fsp3) is 0.308. The summed E-state index contributed by atoms with van der Waals surface area (Å²) in [4.78, 5) is 11.4. The zero-order valence-electron chi connectivity index (χ0n) is 9.62. The van der Waals surface area contributed by atoms with Crippen molar-refractivity contribution in [2.45, 2.75) is 13.5 Å². The molecule has 0 unspecified atom stereocenters. The zero-order chi connectivity index (χ0) is 11.8. The number of aryl methyl sites for hydroxylation is 1. The Morgan fingerprint density at radius 2 is 2.31 bits per heavy atom. The van der Waals surface area contributed by atoms with Gasteiger partial charge in [0.1, 0.15) is 0 Å². The highest BCUT2D eigenvalue weighted by atomic mass is 16.1. The van der Waals surface area contributed by atoms with Gasteiger partial charge in [-0.25, -0.2) is 0 Å². The number of hydrogen-bond donors (Lipinski definition) is 2. The number of rotatable bonds is 6. The highest BCUT2D eigenvalue weighted by molar-refractivity contribution is 5.77. The number of amides is 1. The van der Waals surface area contributed by atoms with E-state index in [0.29, 0.717) is 19.6 Å². The van der Waals surface area contributed by atoms with Crippen LogP contribution in [0.3, 0.4) is 0 Å². The highest BCUT2D eigenvalue weighted by Gasteiger charge is 1.99. The smallest absolute Gasteiger partial charge is 0.234 e. The van der Waals surface area contributed by atoms with Gasteiger partial charge in [-0.2, -0.15) is 0 Å². The molecule has 16 heavy (non-hydrogen) atoms. The average Bonchev–Trinajstić information content (AvgIpc) is 2.27. The van der Waals surface area contributed by atoms with Crippen LogP contribution in [0.1, 0.15) is 11.1 Å². The minimum Gasteiger partial charge on any atom is -0.351 e. The van der Waals surface area contributed by atoms with E-state index < -0.39 is 0 Å². The molecule has 0 aliphatic heterocycles. The molecule has 0 heterocycles. The molecule has 0 saturated heterocycles. The lowest BCUT2D eigenvalue weighted by atomic mass is 10.1. The van der Waals surface area contributed by atoms with E-state index >= 15 is 0 Å². The van der Waals surface area contributed by atoms with Crippen molar-refractivity contribution in [1.82, 2.24) is 10.6 Å². The Bertz CT molecular complexity index is 361. The van der Waals surface area contributed by atoms with Gasteiger partial charge in [0.25, 0.3) is 0 Å². The van der Waals surface area contributed by atoms with Crippen molar-refractivity contribution < 1.29 is 4.79 Å². The van der Waals surface area contributed by atoms with E-state index in [2.05, 4.69) is 23.3 Å². The van der Waals surface area contributed by atoms with Crippen LogP contribution in [0.4, 0.5) is 0 Å². The van der Waals surface area contributed by atoms with Gasteiger partial charge < -0.3 is 10.6 Å². The fourth-order valence-corrected chi connectivity index (χ4v) is 1.37. The van der Waals surface area contributed by atoms with Crippen molar-refractivity contribution in [2.75, 3.05) is 13.1 Å². The van der Waals surface area contributed by atoms with Crippen molar-refractivity contribution in [3.8, 4) is 0 Å². The van der Waals surface area contributed by atoms with E-state index in [0.717, 1.165) is 5.56 Å². The van der Waals surface area contributed by atoms with Crippen LogP contribution in [-0.4, -0.2) is 19.0 Å². The van der Waals surface area contributed by atoms with Gasteiger partial charge in [0.2, 0.25) is 5.91 Å². The Morgan fingerprint density at radius 1 is 1.50 bits per heavy atom. The van der Waals surface area contributed by atoms with Crippen molar-refractivity contribution in [3.63, 3.8) is 0 Å². The van der Waals surface area contributed by atoms with E-state index in [-0.39, 0.29) is 5.91 Å². The van der Waals surface area contributed by atoms with E-state index in [1.54, 1.807) is 6.08 Å². The largest absolute Gasteiger partial charge is 0.351 e. The number of nitrogens with one attached hydrogen (secondary N) is 2. The van der Waals surface area contributed by atoms with Crippen LogP contribution >= 0.6 is 0 Å². The molecule has 0 fully saturated rings. The lowest BCUT2D eigenvalue weighted by molar-refractivity contribution is -0.120. The summed E-state index contributed by atoms with van der Waals surface area (Å²) >= 11 is 0. The van der Waals surface area contributed by atoms with Crippen molar-refractivity contribution >= 4 is 5.91 Å². The van der Waals surface area contributed by atoms with Gasteiger partial charge in [0.15, 0.2) is 0 Å². The monoisotopic (exact) mass is 218 g/mol. The third-order valence-corrected chi connectivity index (χ3v) is 2.15. The molecule has 1 rings (SSSR count). The van der Waals surface area contributed by atoms with Crippen LogP contribution < -0.4 is 10.6 Å². The Morgan fingerprint density at radius 3 is 3.00 bits per heavy atom. The molecule has 0 aliphatic carbocycles. The van der Waals surface area contributed by atoms with E-state index in [9.17, 15) is 4.79 Å². The minimum atomic E-state index is 0.00311. The summed E-state index contributed by atoms with van der Waals surface area (Å²) in [5, 5.41) is 5.80. The molecule has 1 aromatic carbocycles. The predicted octanol–water partition coefficient (Wildman–Crippen LogP) is 1.39. The summed E-state index contributed by atoms with van der Waals surface area (Å²) in [6.07, 6.45) is 1.73. The maximum absolute atomic E-state index is 11.4. The molecule has 1 aromatic rings. The summed E-state index contributed by atoms with van der Waals surface area (Å²) in [5.41, 5.74) is 2.33. The Labute approximate surface area is 96.6 Å². The van der Waals surface area contributed by atoms with Crippen LogP contribution in [0.5, 0.6) is 0 Å². The van der Waals surface area contributed by atoms with Gasteiger partial charge in [-0.1, -0.05) is 35.9 Å². The molecule has 1 amide bonds. The third-order valence-electron chi connectivity index (χ3n) is 2.15. The number of hydrogen-bond acceptors (Lipinski definition) is 2. The molecule has 0 radical (unpaired) electrons. The summed E-state index contributed by atoms with van der Waals surface area (Å²) < 4.78 is 0. The van der Waals surface area contributed by atoms with Crippen LogP contribution in [-0.2, 0) is 11.3 Å². The van der Waals surface area contributed by atoms with Gasteiger partial charge in [-0.15, -0.1) is 6.58 Å².